The van der Waals surface area contributed by atoms with Gasteiger partial charge in [-0.2, -0.15) is 0 Å². The molecule has 0 atom stereocenters. The van der Waals surface area contributed by atoms with Gasteiger partial charge in [0.05, 0.1) is 26.1 Å². The van der Waals surface area contributed by atoms with Gasteiger partial charge in [0.2, 0.25) is 10.0 Å². The highest BCUT2D eigenvalue weighted by molar-refractivity contribution is 7.88. The summed E-state index contributed by atoms with van der Waals surface area (Å²) in [6.45, 7) is 1.32. The Morgan fingerprint density at radius 1 is 0.759 bits per heavy atom. The Morgan fingerprint density at radius 2 is 1.38 bits per heavy atom. The summed E-state index contributed by atoms with van der Waals surface area (Å²) in [7, 11) is -1.89. The van der Waals surface area contributed by atoms with Gasteiger partial charge >= 0.3 is 0 Å². The Kier molecular flexibility index (Phi) is 7.41. The fourth-order valence-corrected chi connectivity index (χ4v) is 3.95. The molecule has 0 aliphatic heterocycles. The summed E-state index contributed by atoms with van der Waals surface area (Å²) in [6.07, 6.45) is 0. The van der Waals surface area contributed by atoms with Crippen molar-refractivity contribution in [2.45, 2.75) is 25.5 Å². The van der Waals surface area contributed by atoms with E-state index in [4.69, 9.17) is 9.47 Å². The molecule has 0 radical (unpaired) electrons. The molecule has 0 aromatic heterocycles. The molecule has 0 unspecified atom stereocenters. The maximum absolute atomic E-state index is 12.3. The van der Waals surface area contributed by atoms with E-state index in [2.05, 4.69) is 4.72 Å². The fourth-order valence-electron chi connectivity index (χ4n) is 2.84. The molecule has 0 saturated heterocycles. The van der Waals surface area contributed by atoms with Crippen molar-refractivity contribution in [2.24, 2.45) is 0 Å². The second-order valence-electron chi connectivity index (χ2n) is 6.73. The molecular formula is C23H25NO4S. The van der Waals surface area contributed by atoms with Gasteiger partial charge in [0.1, 0.15) is 5.75 Å². The smallest absolute Gasteiger partial charge is 0.216 e. The predicted molar refractivity (Wildman–Crippen MR) is 114 cm³/mol. The van der Waals surface area contributed by atoms with E-state index in [1.807, 2.05) is 54.6 Å². The molecule has 0 aliphatic carbocycles. The molecule has 0 heterocycles. The van der Waals surface area contributed by atoms with Gasteiger partial charge in [-0.05, 0) is 34.4 Å². The minimum atomic E-state index is -3.44. The van der Waals surface area contributed by atoms with Crippen LogP contribution in [0, 0.1) is 0 Å². The zero-order valence-electron chi connectivity index (χ0n) is 16.4. The van der Waals surface area contributed by atoms with E-state index in [0.717, 1.165) is 16.7 Å². The third-order valence-electron chi connectivity index (χ3n) is 4.39. The average molecular weight is 412 g/mol. The Balaban J connectivity index is 1.47. The summed E-state index contributed by atoms with van der Waals surface area (Å²) in [5.74, 6) is 0.554. The lowest BCUT2D eigenvalue weighted by molar-refractivity contribution is 0.107. The molecule has 0 fully saturated rings. The first-order valence-electron chi connectivity index (χ1n) is 9.34. The molecule has 0 saturated carbocycles. The van der Waals surface area contributed by atoms with E-state index >= 15 is 0 Å². The summed E-state index contributed by atoms with van der Waals surface area (Å²) in [5.41, 5.74) is 3.76. The monoisotopic (exact) mass is 411 g/mol. The third kappa shape index (κ3) is 7.02. The molecule has 6 heteroatoms. The van der Waals surface area contributed by atoms with Crippen molar-refractivity contribution in [1.29, 1.82) is 0 Å². The van der Waals surface area contributed by atoms with Gasteiger partial charge in [0.15, 0.2) is 0 Å². The lowest BCUT2D eigenvalue weighted by atomic mass is 10.1. The van der Waals surface area contributed by atoms with Crippen LogP contribution in [-0.4, -0.2) is 15.5 Å². The maximum Gasteiger partial charge on any atom is 0.216 e. The number of hydrogen-bond acceptors (Lipinski definition) is 4. The molecule has 3 aromatic carbocycles. The number of nitrogens with one attached hydrogen (secondary N) is 1. The van der Waals surface area contributed by atoms with Crippen LogP contribution >= 0.6 is 0 Å². The standard InChI is InChI=1S/C23H25NO4S/c1-27-23-9-5-8-22(14-23)18-29(25,26)24-15-19-10-12-21(13-11-19)17-28-16-20-6-3-2-4-7-20/h2-14,24H,15-18H2,1H3. The van der Waals surface area contributed by atoms with Crippen LogP contribution in [0.5, 0.6) is 5.75 Å². The van der Waals surface area contributed by atoms with Gasteiger partial charge in [-0.1, -0.05) is 66.7 Å². The van der Waals surface area contributed by atoms with Gasteiger partial charge in [-0.15, -0.1) is 0 Å². The van der Waals surface area contributed by atoms with Crippen LogP contribution < -0.4 is 9.46 Å². The highest BCUT2D eigenvalue weighted by Gasteiger charge is 2.12. The Bertz CT molecular complexity index is 1000. The Morgan fingerprint density at radius 3 is 2.07 bits per heavy atom. The van der Waals surface area contributed by atoms with E-state index in [-0.39, 0.29) is 12.3 Å². The number of ether oxygens (including phenoxy) is 2. The molecule has 29 heavy (non-hydrogen) atoms. The molecular weight excluding hydrogens is 386 g/mol. The van der Waals surface area contributed by atoms with Crippen molar-refractivity contribution >= 4 is 10.0 Å². The lowest BCUT2D eigenvalue weighted by Gasteiger charge is -2.09. The molecule has 152 valence electrons. The molecule has 0 bridgehead atoms. The van der Waals surface area contributed by atoms with Crippen LogP contribution in [0.15, 0.2) is 78.9 Å². The van der Waals surface area contributed by atoms with Gasteiger partial charge in [-0.25, -0.2) is 13.1 Å². The minimum Gasteiger partial charge on any atom is -0.497 e. The van der Waals surface area contributed by atoms with E-state index in [1.54, 1.807) is 31.4 Å². The summed E-state index contributed by atoms with van der Waals surface area (Å²) >= 11 is 0. The highest BCUT2D eigenvalue weighted by atomic mass is 32.2. The van der Waals surface area contributed by atoms with Gasteiger partial charge < -0.3 is 9.47 Å². The van der Waals surface area contributed by atoms with Crippen molar-refractivity contribution in [1.82, 2.24) is 4.72 Å². The van der Waals surface area contributed by atoms with Crippen molar-refractivity contribution in [3.05, 3.63) is 101 Å². The van der Waals surface area contributed by atoms with Crippen LogP contribution in [0.25, 0.3) is 0 Å². The van der Waals surface area contributed by atoms with Crippen LogP contribution in [0.2, 0.25) is 0 Å². The number of benzene rings is 3. The molecule has 0 amide bonds. The second-order valence-corrected chi connectivity index (χ2v) is 8.53. The minimum absolute atomic E-state index is 0.0877. The van der Waals surface area contributed by atoms with E-state index in [1.165, 1.54) is 0 Å². The highest BCUT2D eigenvalue weighted by Crippen LogP contribution is 2.15. The van der Waals surface area contributed by atoms with Crippen molar-refractivity contribution in [2.75, 3.05) is 7.11 Å². The van der Waals surface area contributed by atoms with Gasteiger partial charge in [0, 0.05) is 6.54 Å². The van der Waals surface area contributed by atoms with Crippen LogP contribution in [0.4, 0.5) is 0 Å². The topological polar surface area (TPSA) is 64.6 Å². The zero-order valence-corrected chi connectivity index (χ0v) is 17.2. The molecule has 5 nitrogen and oxygen atoms in total. The molecule has 3 rings (SSSR count). The van der Waals surface area contributed by atoms with E-state index in [9.17, 15) is 8.42 Å². The normalized spacial score (nSPS) is 11.3. The van der Waals surface area contributed by atoms with Crippen LogP contribution in [0.1, 0.15) is 22.3 Å². The fraction of sp³-hybridized carbons (Fsp3) is 0.217. The van der Waals surface area contributed by atoms with Gasteiger partial charge in [0.25, 0.3) is 0 Å². The first kappa shape index (κ1) is 21.0. The number of methoxy groups -OCH3 is 1. The molecule has 0 aliphatic rings. The van der Waals surface area contributed by atoms with E-state index < -0.39 is 10.0 Å². The largest absolute Gasteiger partial charge is 0.497 e. The molecule has 0 spiro atoms. The summed E-state index contributed by atoms with van der Waals surface area (Å²) in [6, 6.07) is 24.8. The summed E-state index contributed by atoms with van der Waals surface area (Å²) in [4.78, 5) is 0. The first-order valence-corrected chi connectivity index (χ1v) is 11.0. The lowest BCUT2D eigenvalue weighted by Crippen LogP contribution is -2.24. The Hall–Kier alpha value is -2.67. The molecule has 3 aromatic rings. The summed E-state index contributed by atoms with van der Waals surface area (Å²) in [5, 5.41) is 0. The Labute approximate surface area is 172 Å². The molecule has 1 N–H and O–H groups in total. The first-order chi connectivity index (χ1) is 14.0. The van der Waals surface area contributed by atoms with Crippen LogP contribution in [0.3, 0.4) is 0 Å². The second kappa shape index (κ2) is 10.2. The number of hydrogen-bond donors (Lipinski definition) is 1. The number of rotatable bonds is 10. The summed E-state index contributed by atoms with van der Waals surface area (Å²) < 4.78 is 38.2. The zero-order chi connectivity index (χ0) is 20.5. The number of sulfonamides is 1. The third-order valence-corrected chi connectivity index (χ3v) is 5.69. The van der Waals surface area contributed by atoms with Crippen molar-refractivity contribution in [3.63, 3.8) is 0 Å². The predicted octanol–water partition coefficient (Wildman–Crippen LogP) is 4.03. The SMILES string of the molecule is COc1cccc(CS(=O)(=O)NCc2ccc(COCc3ccccc3)cc2)c1. The van der Waals surface area contributed by atoms with Gasteiger partial charge in [-0.3, -0.25) is 0 Å². The average Bonchev–Trinajstić information content (AvgIpc) is 2.74. The van der Waals surface area contributed by atoms with Crippen LogP contribution in [-0.2, 0) is 40.3 Å². The quantitative estimate of drug-likeness (QED) is 0.547. The maximum atomic E-state index is 12.3. The van der Waals surface area contributed by atoms with Crippen molar-refractivity contribution < 1.29 is 17.9 Å². The van der Waals surface area contributed by atoms with E-state index in [0.29, 0.717) is 24.5 Å². The van der Waals surface area contributed by atoms with Crippen molar-refractivity contribution in [3.8, 4) is 5.75 Å².